The molecular formula is C18H16O4. The molecule has 0 saturated heterocycles. The zero-order valence-corrected chi connectivity index (χ0v) is 12.5. The maximum atomic E-state index is 12.3. The summed E-state index contributed by atoms with van der Waals surface area (Å²) in [4.78, 5) is 24.2. The van der Waals surface area contributed by atoms with Crippen molar-refractivity contribution in [3.63, 3.8) is 0 Å². The topological polar surface area (TPSA) is 52.6 Å². The highest BCUT2D eigenvalue weighted by atomic mass is 16.6. The Hall–Kier alpha value is -2.62. The van der Waals surface area contributed by atoms with Crippen LogP contribution in [-0.2, 0) is 21.4 Å². The summed E-state index contributed by atoms with van der Waals surface area (Å²) in [7, 11) is 1.61. The molecule has 4 nitrogen and oxygen atoms in total. The largest absolute Gasteiger partial charge is 0.497 e. The van der Waals surface area contributed by atoms with E-state index in [4.69, 9.17) is 9.47 Å². The normalized spacial score (nSPS) is 20.3. The summed E-state index contributed by atoms with van der Waals surface area (Å²) in [6, 6.07) is 14.6. The lowest BCUT2D eigenvalue weighted by molar-refractivity contribution is -0.145. The molecule has 2 aromatic carbocycles. The number of hydrogen-bond acceptors (Lipinski definition) is 4. The molecule has 0 fully saturated rings. The van der Waals surface area contributed by atoms with Gasteiger partial charge < -0.3 is 9.47 Å². The van der Waals surface area contributed by atoms with Crippen LogP contribution in [0.25, 0.3) is 0 Å². The molecule has 0 amide bonds. The minimum atomic E-state index is -0.876. The molecule has 1 heterocycles. The van der Waals surface area contributed by atoms with E-state index < -0.39 is 17.4 Å². The van der Waals surface area contributed by atoms with Crippen molar-refractivity contribution >= 4 is 11.9 Å². The molecule has 1 aliphatic rings. The van der Waals surface area contributed by atoms with E-state index in [1.807, 2.05) is 43.3 Å². The van der Waals surface area contributed by atoms with Crippen LogP contribution in [0.1, 0.15) is 28.4 Å². The summed E-state index contributed by atoms with van der Waals surface area (Å²) < 4.78 is 10.1. The predicted molar refractivity (Wildman–Crippen MR) is 80.9 cm³/mol. The highest BCUT2D eigenvalue weighted by molar-refractivity contribution is 6.06. The highest BCUT2D eigenvalue weighted by Gasteiger charge is 2.44. The molecule has 1 aliphatic heterocycles. The molecule has 1 atom stereocenters. The van der Waals surface area contributed by atoms with Gasteiger partial charge in [-0.25, -0.2) is 4.79 Å². The van der Waals surface area contributed by atoms with Crippen LogP contribution in [0.4, 0.5) is 0 Å². The summed E-state index contributed by atoms with van der Waals surface area (Å²) in [5.74, 6) is -0.324. The molecule has 0 aromatic heterocycles. The van der Waals surface area contributed by atoms with Crippen molar-refractivity contribution in [2.24, 2.45) is 0 Å². The molecule has 112 valence electrons. The molecule has 3 rings (SSSR count). The molecular weight excluding hydrogens is 280 g/mol. The standard InChI is InChI=1S/C18H16O4/c1-18(11-12-7-9-13(21-2)10-8-12)15-6-4-3-5-14(15)16(19)22-17(18)20/h3-10H,11H2,1-2H3. The van der Waals surface area contributed by atoms with E-state index in [1.54, 1.807) is 19.2 Å². The van der Waals surface area contributed by atoms with Crippen LogP contribution in [0.5, 0.6) is 5.75 Å². The highest BCUT2D eigenvalue weighted by Crippen LogP contribution is 2.36. The second kappa shape index (κ2) is 5.30. The van der Waals surface area contributed by atoms with Gasteiger partial charge in [-0.15, -0.1) is 0 Å². The van der Waals surface area contributed by atoms with Gasteiger partial charge in [-0.1, -0.05) is 30.3 Å². The van der Waals surface area contributed by atoms with Gasteiger partial charge in [-0.3, -0.25) is 4.79 Å². The Morgan fingerprint density at radius 1 is 1.05 bits per heavy atom. The Morgan fingerprint density at radius 3 is 2.41 bits per heavy atom. The van der Waals surface area contributed by atoms with E-state index in [0.717, 1.165) is 11.3 Å². The molecule has 0 aliphatic carbocycles. The van der Waals surface area contributed by atoms with Crippen molar-refractivity contribution < 1.29 is 19.1 Å². The lowest BCUT2D eigenvalue weighted by Crippen LogP contribution is -2.43. The van der Waals surface area contributed by atoms with Gasteiger partial charge in [-0.05, 0) is 42.7 Å². The van der Waals surface area contributed by atoms with Gasteiger partial charge in [0.1, 0.15) is 5.75 Å². The first kappa shape index (κ1) is 14.3. The lowest BCUT2D eigenvalue weighted by atomic mass is 9.74. The van der Waals surface area contributed by atoms with Crippen molar-refractivity contribution in [1.29, 1.82) is 0 Å². The molecule has 4 heteroatoms. The molecule has 2 aromatic rings. The van der Waals surface area contributed by atoms with Gasteiger partial charge in [0.05, 0.1) is 18.1 Å². The van der Waals surface area contributed by atoms with E-state index >= 15 is 0 Å². The van der Waals surface area contributed by atoms with Crippen LogP contribution >= 0.6 is 0 Å². The first-order chi connectivity index (χ1) is 10.5. The zero-order valence-electron chi connectivity index (χ0n) is 12.5. The Balaban J connectivity index is 2.01. The number of hydrogen-bond donors (Lipinski definition) is 0. The first-order valence-electron chi connectivity index (χ1n) is 7.03. The lowest BCUT2D eigenvalue weighted by Gasteiger charge is -2.32. The van der Waals surface area contributed by atoms with Crippen LogP contribution in [0, 0.1) is 0 Å². The quantitative estimate of drug-likeness (QED) is 0.645. The third-order valence-electron chi connectivity index (χ3n) is 4.09. The predicted octanol–water partition coefficient (Wildman–Crippen LogP) is 2.89. The number of fused-ring (bicyclic) bond motifs is 1. The maximum Gasteiger partial charge on any atom is 0.346 e. The molecule has 0 radical (unpaired) electrons. The van der Waals surface area contributed by atoms with Gasteiger partial charge in [0.2, 0.25) is 0 Å². The van der Waals surface area contributed by atoms with Crippen molar-refractivity contribution in [2.45, 2.75) is 18.8 Å². The average Bonchev–Trinajstić information content (AvgIpc) is 2.54. The Kier molecular flexibility index (Phi) is 3.45. The van der Waals surface area contributed by atoms with E-state index in [-0.39, 0.29) is 0 Å². The van der Waals surface area contributed by atoms with Crippen molar-refractivity contribution in [3.8, 4) is 5.75 Å². The van der Waals surface area contributed by atoms with Gasteiger partial charge in [-0.2, -0.15) is 0 Å². The van der Waals surface area contributed by atoms with Crippen molar-refractivity contribution in [2.75, 3.05) is 7.11 Å². The number of carbonyl (C=O) groups excluding carboxylic acids is 2. The molecule has 0 spiro atoms. The second-order valence-electron chi connectivity index (χ2n) is 5.58. The first-order valence-corrected chi connectivity index (χ1v) is 7.03. The summed E-state index contributed by atoms with van der Waals surface area (Å²) in [5, 5.41) is 0. The minimum Gasteiger partial charge on any atom is -0.497 e. The zero-order chi connectivity index (χ0) is 15.7. The second-order valence-corrected chi connectivity index (χ2v) is 5.58. The summed E-state index contributed by atoms with van der Waals surface area (Å²) in [5.41, 5.74) is 1.27. The van der Waals surface area contributed by atoms with Gasteiger partial charge in [0.15, 0.2) is 0 Å². The number of rotatable bonds is 3. The number of benzene rings is 2. The number of esters is 2. The fourth-order valence-electron chi connectivity index (χ4n) is 2.82. The van der Waals surface area contributed by atoms with Gasteiger partial charge in [0, 0.05) is 0 Å². The monoisotopic (exact) mass is 296 g/mol. The molecule has 1 unspecified atom stereocenters. The van der Waals surface area contributed by atoms with Crippen molar-refractivity contribution in [3.05, 3.63) is 65.2 Å². The van der Waals surface area contributed by atoms with Crippen LogP contribution in [0.2, 0.25) is 0 Å². The van der Waals surface area contributed by atoms with Gasteiger partial charge in [0.25, 0.3) is 0 Å². The van der Waals surface area contributed by atoms with E-state index in [2.05, 4.69) is 0 Å². The molecule has 22 heavy (non-hydrogen) atoms. The minimum absolute atomic E-state index is 0.457. The average molecular weight is 296 g/mol. The summed E-state index contributed by atoms with van der Waals surface area (Å²) in [6.45, 7) is 1.81. The van der Waals surface area contributed by atoms with E-state index in [1.165, 1.54) is 0 Å². The number of ether oxygens (including phenoxy) is 2. The Morgan fingerprint density at radius 2 is 1.73 bits per heavy atom. The fourth-order valence-corrected chi connectivity index (χ4v) is 2.82. The number of cyclic esters (lactones) is 2. The SMILES string of the molecule is COc1ccc(CC2(C)C(=O)OC(=O)c3ccccc32)cc1. The van der Waals surface area contributed by atoms with Crippen LogP contribution in [0.3, 0.4) is 0 Å². The summed E-state index contributed by atoms with van der Waals surface area (Å²) >= 11 is 0. The van der Waals surface area contributed by atoms with Crippen LogP contribution < -0.4 is 4.74 Å². The third-order valence-corrected chi connectivity index (χ3v) is 4.09. The number of methoxy groups -OCH3 is 1. The van der Waals surface area contributed by atoms with Crippen LogP contribution in [-0.4, -0.2) is 19.0 Å². The van der Waals surface area contributed by atoms with E-state index in [0.29, 0.717) is 17.5 Å². The molecule has 0 bridgehead atoms. The van der Waals surface area contributed by atoms with Crippen molar-refractivity contribution in [1.82, 2.24) is 0 Å². The maximum absolute atomic E-state index is 12.3. The smallest absolute Gasteiger partial charge is 0.346 e. The van der Waals surface area contributed by atoms with E-state index in [9.17, 15) is 9.59 Å². The molecule has 0 N–H and O–H groups in total. The Bertz CT molecular complexity index is 733. The third kappa shape index (κ3) is 2.26. The molecule has 0 saturated carbocycles. The number of carbonyl (C=O) groups is 2. The van der Waals surface area contributed by atoms with Crippen LogP contribution in [0.15, 0.2) is 48.5 Å². The fraction of sp³-hybridized carbons (Fsp3) is 0.222. The summed E-state index contributed by atoms with van der Waals surface area (Å²) in [6.07, 6.45) is 0.458. The van der Waals surface area contributed by atoms with Gasteiger partial charge >= 0.3 is 11.9 Å². The Labute approximate surface area is 128 Å².